The second kappa shape index (κ2) is 9.40. The van der Waals surface area contributed by atoms with Crippen LogP contribution < -0.4 is 15.8 Å². The molecule has 142 valence electrons. The number of nitrogens with one attached hydrogen (secondary N) is 1. The fraction of sp³-hybridized carbons (Fsp3) is 0.588. The highest BCUT2D eigenvalue weighted by Gasteiger charge is 2.22. The minimum Gasteiger partial charge on any atom is -0.493 e. The molecular formula is C17H27ClN2O4S. The van der Waals surface area contributed by atoms with Crippen LogP contribution in [-0.2, 0) is 21.2 Å². The predicted molar refractivity (Wildman–Crippen MR) is 101 cm³/mol. The van der Waals surface area contributed by atoms with E-state index in [0.29, 0.717) is 19.1 Å². The van der Waals surface area contributed by atoms with Gasteiger partial charge in [0.2, 0.25) is 5.91 Å². The van der Waals surface area contributed by atoms with E-state index in [2.05, 4.69) is 5.32 Å². The second-order valence-corrected chi connectivity index (χ2v) is 8.87. The third kappa shape index (κ3) is 8.07. The molecule has 3 N–H and O–H groups in total. The number of aryl methyl sites for hydroxylation is 1. The third-order valence-electron chi connectivity index (χ3n) is 3.98. The van der Waals surface area contributed by atoms with E-state index in [1.165, 1.54) is 12.8 Å². The Morgan fingerprint density at radius 2 is 2.08 bits per heavy atom. The molecule has 1 aromatic rings. The summed E-state index contributed by atoms with van der Waals surface area (Å²) in [5.74, 6) is 0.985. The number of rotatable bonds is 9. The second-order valence-electron chi connectivity index (χ2n) is 6.61. The summed E-state index contributed by atoms with van der Waals surface area (Å²) in [5, 5.41) is 2.76. The number of carbonyl (C=O) groups excluding carboxylic acids is 1. The van der Waals surface area contributed by atoms with Crippen LogP contribution in [0.4, 0.5) is 0 Å². The number of nitrogens with two attached hydrogens (primary N) is 1. The van der Waals surface area contributed by atoms with Gasteiger partial charge in [-0.2, -0.15) is 0 Å². The zero-order chi connectivity index (χ0) is 17.7. The van der Waals surface area contributed by atoms with Crippen LogP contribution in [0.5, 0.6) is 5.75 Å². The summed E-state index contributed by atoms with van der Waals surface area (Å²) in [6.45, 7) is 3.01. The molecule has 25 heavy (non-hydrogen) atoms. The number of hydrogen-bond donors (Lipinski definition) is 2. The quantitative estimate of drug-likeness (QED) is 0.667. The van der Waals surface area contributed by atoms with Crippen molar-refractivity contribution in [2.24, 2.45) is 11.7 Å². The van der Waals surface area contributed by atoms with Crippen LogP contribution in [0.15, 0.2) is 18.2 Å². The van der Waals surface area contributed by atoms with Crippen LogP contribution >= 0.6 is 12.4 Å². The lowest BCUT2D eigenvalue weighted by atomic mass is 10.1. The first kappa shape index (κ1) is 21.7. The maximum atomic E-state index is 12.0. The molecule has 0 heterocycles. The molecule has 1 unspecified atom stereocenters. The zero-order valence-corrected chi connectivity index (χ0v) is 16.3. The monoisotopic (exact) mass is 390 g/mol. The smallest absolute Gasteiger partial charge is 0.237 e. The van der Waals surface area contributed by atoms with Gasteiger partial charge in [-0.1, -0.05) is 12.1 Å². The van der Waals surface area contributed by atoms with Gasteiger partial charge in [0.1, 0.15) is 15.6 Å². The largest absolute Gasteiger partial charge is 0.493 e. The SMILES string of the molecule is Cc1ccc(CNC(=O)C(N)CCS(C)(=O)=O)c(OCC2CC2)c1.Cl. The molecule has 0 bridgehead atoms. The van der Waals surface area contributed by atoms with Crippen molar-refractivity contribution in [3.63, 3.8) is 0 Å². The fourth-order valence-electron chi connectivity index (χ4n) is 2.22. The molecule has 6 nitrogen and oxygen atoms in total. The van der Waals surface area contributed by atoms with Gasteiger partial charge in [-0.05, 0) is 43.7 Å². The molecule has 1 atom stereocenters. The van der Waals surface area contributed by atoms with Crippen molar-refractivity contribution >= 4 is 28.2 Å². The Bertz CT molecular complexity index is 690. The van der Waals surface area contributed by atoms with Gasteiger partial charge in [-0.25, -0.2) is 8.42 Å². The number of carbonyl (C=O) groups is 1. The molecule has 1 fully saturated rings. The van der Waals surface area contributed by atoms with E-state index in [1.807, 2.05) is 25.1 Å². The molecule has 1 aliphatic carbocycles. The number of benzene rings is 1. The van der Waals surface area contributed by atoms with Crippen molar-refractivity contribution in [1.29, 1.82) is 0 Å². The lowest BCUT2D eigenvalue weighted by molar-refractivity contribution is -0.122. The molecule has 8 heteroatoms. The molecule has 0 saturated heterocycles. The molecule has 0 spiro atoms. The molecule has 1 aromatic carbocycles. The van der Waals surface area contributed by atoms with Gasteiger partial charge in [-0.15, -0.1) is 12.4 Å². The molecule has 0 aromatic heterocycles. The molecule has 1 amide bonds. The van der Waals surface area contributed by atoms with Crippen molar-refractivity contribution in [2.75, 3.05) is 18.6 Å². The average molecular weight is 391 g/mol. The Morgan fingerprint density at radius 1 is 1.40 bits per heavy atom. The van der Waals surface area contributed by atoms with Crippen LogP contribution in [0.25, 0.3) is 0 Å². The Hall–Kier alpha value is -1.31. The van der Waals surface area contributed by atoms with Gasteiger partial charge in [-0.3, -0.25) is 4.79 Å². The molecule has 0 radical (unpaired) electrons. The van der Waals surface area contributed by atoms with Gasteiger partial charge >= 0.3 is 0 Å². The van der Waals surface area contributed by atoms with Crippen molar-refractivity contribution in [3.8, 4) is 5.75 Å². The Morgan fingerprint density at radius 3 is 2.68 bits per heavy atom. The lowest BCUT2D eigenvalue weighted by Gasteiger charge is -2.15. The van der Waals surface area contributed by atoms with Crippen LogP contribution in [0.2, 0.25) is 0 Å². The van der Waals surface area contributed by atoms with Crippen molar-refractivity contribution < 1.29 is 17.9 Å². The number of sulfone groups is 1. The maximum absolute atomic E-state index is 12.0. The summed E-state index contributed by atoms with van der Waals surface area (Å²) in [6.07, 6.45) is 3.68. The van der Waals surface area contributed by atoms with E-state index >= 15 is 0 Å². The van der Waals surface area contributed by atoms with E-state index in [4.69, 9.17) is 10.5 Å². The van der Waals surface area contributed by atoms with Crippen LogP contribution in [0, 0.1) is 12.8 Å². The molecular weight excluding hydrogens is 364 g/mol. The summed E-state index contributed by atoms with van der Waals surface area (Å²) in [7, 11) is -3.12. The van der Waals surface area contributed by atoms with E-state index < -0.39 is 15.9 Å². The summed E-state index contributed by atoms with van der Waals surface area (Å²) in [5.41, 5.74) is 7.74. The predicted octanol–water partition coefficient (Wildman–Crippen LogP) is 1.58. The summed E-state index contributed by atoms with van der Waals surface area (Å²) >= 11 is 0. The first-order valence-electron chi connectivity index (χ1n) is 8.18. The molecule has 1 aliphatic rings. The van der Waals surface area contributed by atoms with Crippen molar-refractivity contribution in [3.05, 3.63) is 29.3 Å². The lowest BCUT2D eigenvalue weighted by Crippen LogP contribution is -2.41. The van der Waals surface area contributed by atoms with E-state index in [-0.39, 0.29) is 30.5 Å². The minimum atomic E-state index is -3.12. The van der Waals surface area contributed by atoms with Crippen LogP contribution in [-0.4, -0.2) is 39.0 Å². The van der Waals surface area contributed by atoms with Gasteiger partial charge < -0.3 is 15.8 Å². The normalized spacial score (nSPS) is 15.2. The standard InChI is InChI=1S/C17H26N2O4S.ClH/c1-12-3-6-14(16(9-12)23-11-13-4-5-13)10-19-17(20)15(18)7-8-24(2,21)22;/h3,6,9,13,15H,4-5,7-8,10-11,18H2,1-2H3,(H,19,20);1H. The Labute approximate surface area is 155 Å². The molecule has 2 rings (SSSR count). The van der Waals surface area contributed by atoms with Gasteiger partial charge in [0.15, 0.2) is 0 Å². The summed E-state index contributed by atoms with van der Waals surface area (Å²) < 4.78 is 28.1. The van der Waals surface area contributed by atoms with Gasteiger partial charge in [0.25, 0.3) is 0 Å². The van der Waals surface area contributed by atoms with Crippen LogP contribution in [0.1, 0.15) is 30.4 Å². The Kier molecular flexibility index (Phi) is 8.18. The first-order valence-corrected chi connectivity index (χ1v) is 10.2. The van der Waals surface area contributed by atoms with Crippen molar-refractivity contribution in [1.82, 2.24) is 5.32 Å². The molecule has 1 saturated carbocycles. The van der Waals surface area contributed by atoms with E-state index in [0.717, 1.165) is 23.1 Å². The first-order chi connectivity index (χ1) is 11.2. The minimum absolute atomic E-state index is 0. The number of amides is 1. The summed E-state index contributed by atoms with van der Waals surface area (Å²) in [6, 6.07) is 5.03. The highest BCUT2D eigenvalue weighted by Crippen LogP contribution is 2.30. The molecule has 0 aliphatic heterocycles. The Balaban J connectivity index is 0.00000312. The van der Waals surface area contributed by atoms with Gasteiger partial charge in [0.05, 0.1) is 18.4 Å². The van der Waals surface area contributed by atoms with Crippen LogP contribution in [0.3, 0.4) is 0 Å². The fourth-order valence-corrected chi connectivity index (χ4v) is 2.90. The number of ether oxygens (including phenoxy) is 1. The maximum Gasteiger partial charge on any atom is 0.237 e. The highest BCUT2D eigenvalue weighted by molar-refractivity contribution is 7.90. The number of halogens is 1. The highest BCUT2D eigenvalue weighted by atomic mass is 35.5. The average Bonchev–Trinajstić information content (AvgIpc) is 3.32. The van der Waals surface area contributed by atoms with E-state index in [1.54, 1.807) is 0 Å². The summed E-state index contributed by atoms with van der Waals surface area (Å²) in [4.78, 5) is 12.0. The topological polar surface area (TPSA) is 98.5 Å². The number of hydrogen-bond acceptors (Lipinski definition) is 5. The third-order valence-corrected chi connectivity index (χ3v) is 4.96. The van der Waals surface area contributed by atoms with Crippen molar-refractivity contribution in [2.45, 2.75) is 38.8 Å². The zero-order valence-electron chi connectivity index (χ0n) is 14.7. The van der Waals surface area contributed by atoms with Gasteiger partial charge in [0, 0.05) is 18.4 Å². The van der Waals surface area contributed by atoms with E-state index in [9.17, 15) is 13.2 Å².